The molecule has 0 spiro atoms. The molecule has 2 N–H and O–H groups in total. The normalized spacial score (nSPS) is 10.5. The van der Waals surface area contributed by atoms with Crippen LogP contribution in [0.2, 0.25) is 0 Å². The zero-order valence-electron chi connectivity index (χ0n) is 12.9. The lowest BCUT2D eigenvalue weighted by molar-refractivity contribution is 0.0945. The van der Waals surface area contributed by atoms with Crippen LogP contribution in [0.4, 0.5) is 8.78 Å². The first-order valence-electron chi connectivity index (χ1n) is 7.41. The van der Waals surface area contributed by atoms with Crippen LogP contribution in [0, 0.1) is 11.6 Å². The highest BCUT2D eigenvalue weighted by atomic mass is 19.1. The van der Waals surface area contributed by atoms with Gasteiger partial charge in [-0.2, -0.15) is 4.98 Å². The van der Waals surface area contributed by atoms with E-state index in [1.165, 1.54) is 42.5 Å². The van der Waals surface area contributed by atoms with E-state index in [2.05, 4.69) is 15.3 Å². The van der Waals surface area contributed by atoms with E-state index in [4.69, 9.17) is 0 Å². The van der Waals surface area contributed by atoms with Crippen LogP contribution in [0.3, 0.4) is 0 Å². The fraction of sp³-hybridized carbons (Fsp3) is 0.0556. The average molecular weight is 341 g/mol. The van der Waals surface area contributed by atoms with Gasteiger partial charge in [0.1, 0.15) is 17.3 Å². The number of benzene rings is 2. The summed E-state index contributed by atoms with van der Waals surface area (Å²) in [5.74, 6) is -1.28. The first-order chi connectivity index (χ1) is 12.0. The molecular weight excluding hydrogens is 328 g/mol. The van der Waals surface area contributed by atoms with E-state index >= 15 is 0 Å². The number of H-pyrrole nitrogens is 1. The van der Waals surface area contributed by atoms with Gasteiger partial charge >= 0.3 is 5.69 Å². The van der Waals surface area contributed by atoms with Gasteiger partial charge in [-0.05, 0) is 48.0 Å². The van der Waals surface area contributed by atoms with E-state index in [1.807, 2.05) is 0 Å². The summed E-state index contributed by atoms with van der Waals surface area (Å²) in [5, 5.41) is 2.63. The quantitative estimate of drug-likeness (QED) is 0.766. The van der Waals surface area contributed by atoms with Gasteiger partial charge in [-0.15, -0.1) is 0 Å². The third kappa shape index (κ3) is 4.14. The van der Waals surface area contributed by atoms with Crippen LogP contribution in [0.5, 0.6) is 0 Å². The summed E-state index contributed by atoms with van der Waals surface area (Å²) in [5.41, 5.74) is 0.830. The number of nitrogens with one attached hydrogen (secondary N) is 2. The molecule has 5 nitrogen and oxygen atoms in total. The van der Waals surface area contributed by atoms with Gasteiger partial charge in [0.25, 0.3) is 5.91 Å². The smallest absolute Gasteiger partial charge is 0.346 e. The number of rotatable bonds is 4. The molecule has 126 valence electrons. The number of nitrogens with zero attached hydrogens (tertiary/aromatic N) is 1. The third-order valence-electron chi connectivity index (χ3n) is 3.50. The van der Waals surface area contributed by atoms with Gasteiger partial charge in [0.05, 0.1) is 5.69 Å². The van der Waals surface area contributed by atoms with Gasteiger partial charge in [-0.1, -0.05) is 12.1 Å². The van der Waals surface area contributed by atoms with Crippen LogP contribution in [-0.4, -0.2) is 15.9 Å². The molecule has 7 heteroatoms. The summed E-state index contributed by atoms with van der Waals surface area (Å²) in [7, 11) is 0. The Bertz CT molecular complexity index is 951. The molecule has 25 heavy (non-hydrogen) atoms. The second-order valence-electron chi connectivity index (χ2n) is 5.30. The molecule has 0 aliphatic rings. The number of halogens is 2. The predicted molar refractivity (Wildman–Crippen MR) is 87.8 cm³/mol. The standard InChI is InChI=1S/C18H13F2N3O2/c19-13-5-1-11(2-6-13)10-21-17(24)16-9-15(22-18(25)23-16)12-3-7-14(20)8-4-12/h1-9H,10H2,(H,21,24)(H,22,23,25). The highest BCUT2D eigenvalue weighted by Gasteiger charge is 2.11. The Kier molecular flexibility index (Phi) is 4.65. The van der Waals surface area contributed by atoms with Crippen molar-refractivity contribution in [3.63, 3.8) is 0 Å². The lowest BCUT2D eigenvalue weighted by Gasteiger charge is -2.07. The zero-order valence-corrected chi connectivity index (χ0v) is 12.9. The van der Waals surface area contributed by atoms with E-state index in [1.54, 1.807) is 12.1 Å². The summed E-state index contributed by atoms with van der Waals surface area (Å²) >= 11 is 0. The van der Waals surface area contributed by atoms with E-state index in [0.717, 1.165) is 0 Å². The van der Waals surface area contributed by atoms with Gasteiger partial charge in [0.15, 0.2) is 0 Å². The number of carbonyl (C=O) groups excluding carboxylic acids is 1. The highest BCUT2D eigenvalue weighted by molar-refractivity contribution is 5.93. The number of carbonyl (C=O) groups is 1. The van der Waals surface area contributed by atoms with Crippen LogP contribution in [0.25, 0.3) is 11.3 Å². The van der Waals surface area contributed by atoms with Crippen LogP contribution in [0.1, 0.15) is 16.1 Å². The lowest BCUT2D eigenvalue weighted by atomic mass is 10.1. The molecule has 0 unspecified atom stereocenters. The van der Waals surface area contributed by atoms with Crippen LogP contribution in [-0.2, 0) is 6.54 Å². The van der Waals surface area contributed by atoms with Gasteiger partial charge in [-0.3, -0.25) is 4.79 Å². The SMILES string of the molecule is O=C(NCc1ccc(F)cc1)c1cc(-c2ccc(F)cc2)nc(=O)[nH]1. The number of amides is 1. The molecule has 0 aliphatic carbocycles. The highest BCUT2D eigenvalue weighted by Crippen LogP contribution is 2.16. The second kappa shape index (κ2) is 7.04. The van der Waals surface area contributed by atoms with Gasteiger partial charge in [0.2, 0.25) is 0 Å². The van der Waals surface area contributed by atoms with E-state index in [9.17, 15) is 18.4 Å². The zero-order chi connectivity index (χ0) is 17.8. The molecule has 0 atom stereocenters. The fourth-order valence-electron chi connectivity index (χ4n) is 2.23. The van der Waals surface area contributed by atoms with Crippen molar-refractivity contribution in [1.29, 1.82) is 0 Å². The van der Waals surface area contributed by atoms with Gasteiger partial charge in [0, 0.05) is 12.1 Å². The molecule has 0 fully saturated rings. The summed E-state index contributed by atoms with van der Waals surface area (Å²) in [6, 6.07) is 12.5. The minimum atomic E-state index is -0.686. The van der Waals surface area contributed by atoms with Crippen molar-refractivity contribution in [2.75, 3.05) is 0 Å². The van der Waals surface area contributed by atoms with E-state index < -0.39 is 17.4 Å². The van der Waals surface area contributed by atoms with Crippen molar-refractivity contribution >= 4 is 5.91 Å². The molecule has 0 bridgehead atoms. The Labute approximate surface area is 141 Å². The van der Waals surface area contributed by atoms with Crippen molar-refractivity contribution in [2.24, 2.45) is 0 Å². The Hall–Kier alpha value is -3.35. The molecule has 1 heterocycles. The monoisotopic (exact) mass is 341 g/mol. The average Bonchev–Trinajstić information content (AvgIpc) is 2.61. The molecular formula is C18H13F2N3O2. The lowest BCUT2D eigenvalue weighted by Crippen LogP contribution is -2.27. The first kappa shape index (κ1) is 16.5. The van der Waals surface area contributed by atoms with Crippen molar-refractivity contribution in [3.05, 3.63) is 88.0 Å². The predicted octanol–water partition coefficient (Wildman–Crippen LogP) is 2.65. The Morgan fingerprint density at radius 2 is 1.60 bits per heavy atom. The molecule has 0 saturated heterocycles. The minimum absolute atomic E-state index is 0.0291. The topological polar surface area (TPSA) is 74.8 Å². The molecule has 1 aromatic heterocycles. The summed E-state index contributed by atoms with van der Waals surface area (Å²) in [6.45, 7) is 0.176. The maximum Gasteiger partial charge on any atom is 0.346 e. The molecule has 2 aromatic carbocycles. The largest absolute Gasteiger partial charge is 0.347 e. The molecule has 3 aromatic rings. The maximum atomic E-state index is 13.0. The molecule has 3 rings (SSSR count). The summed E-state index contributed by atoms with van der Waals surface area (Å²) < 4.78 is 25.9. The molecule has 0 saturated carbocycles. The van der Waals surface area contributed by atoms with Crippen molar-refractivity contribution in [2.45, 2.75) is 6.54 Å². The first-order valence-corrected chi connectivity index (χ1v) is 7.41. The Morgan fingerprint density at radius 1 is 1.00 bits per heavy atom. The number of aromatic amines is 1. The van der Waals surface area contributed by atoms with Crippen molar-refractivity contribution in [1.82, 2.24) is 15.3 Å². The van der Waals surface area contributed by atoms with Crippen molar-refractivity contribution in [3.8, 4) is 11.3 Å². The molecule has 0 radical (unpaired) electrons. The van der Waals surface area contributed by atoms with Gasteiger partial charge < -0.3 is 10.3 Å². The molecule has 0 aliphatic heterocycles. The van der Waals surface area contributed by atoms with E-state index in [-0.39, 0.29) is 23.7 Å². The number of hydrogen-bond acceptors (Lipinski definition) is 3. The third-order valence-corrected chi connectivity index (χ3v) is 3.50. The Balaban J connectivity index is 1.79. The van der Waals surface area contributed by atoms with E-state index in [0.29, 0.717) is 11.1 Å². The van der Waals surface area contributed by atoms with Crippen LogP contribution >= 0.6 is 0 Å². The van der Waals surface area contributed by atoms with Gasteiger partial charge in [-0.25, -0.2) is 13.6 Å². The second-order valence-corrected chi connectivity index (χ2v) is 5.30. The fourth-order valence-corrected chi connectivity index (χ4v) is 2.23. The van der Waals surface area contributed by atoms with Crippen molar-refractivity contribution < 1.29 is 13.6 Å². The molecule has 1 amide bonds. The minimum Gasteiger partial charge on any atom is -0.347 e. The summed E-state index contributed by atoms with van der Waals surface area (Å²) in [6.07, 6.45) is 0. The maximum absolute atomic E-state index is 13.0. The number of aromatic nitrogens is 2. The number of hydrogen-bond donors (Lipinski definition) is 2. The van der Waals surface area contributed by atoms with Crippen LogP contribution < -0.4 is 11.0 Å². The summed E-state index contributed by atoms with van der Waals surface area (Å²) in [4.78, 5) is 30.1. The van der Waals surface area contributed by atoms with Crippen LogP contribution in [0.15, 0.2) is 59.4 Å². The Morgan fingerprint density at radius 3 is 2.24 bits per heavy atom.